The summed E-state index contributed by atoms with van der Waals surface area (Å²) < 4.78 is 58.0. The number of ether oxygens (including phenoxy) is 5. The predicted molar refractivity (Wildman–Crippen MR) is 116 cm³/mol. The molecule has 34 heavy (non-hydrogen) atoms. The summed E-state index contributed by atoms with van der Waals surface area (Å²) in [5, 5.41) is 14.3. The van der Waals surface area contributed by atoms with Crippen molar-refractivity contribution in [2.45, 2.75) is 50.6 Å². The highest BCUT2D eigenvalue weighted by Crippen LogP contribution is 2.44. The molecule has 4 heterocycles. The molecule has 4 unspecified atom stereocenters. The molecule has 4 atom stereocenters. The highest BCUT2D eigenvalue weighted by molar-refractivity contribution is 5.83. The van der Waals surface area contributed by atoms with E-state index < -0.39 is 36.8 Å². The van der Waals surface area contributed by atoms with Gasteiger partial charge in [0.1, 0.15) is 18.3 Å². The number of hydrogen-bond donors (Lipinski definition) is 1. The fourth-order valence-corrected chi connectivity index (χ4v) is 4.56. The molecule has 0 aliphatic carbocycles. The summed E-state index contributed by atoms with van der Waals surface area (Å²) >= 11 is 0. The van der Waals surface area contributed by atoms with Gasteiger partial charge < -0.3 is 28.8 Å². The van der Waals surface area contributed by atoms with Crippen LogP contribution in [0.1, 0.15) is 32.1 Å². The van der Waals surface area contributed by atoms with Crippen LogP contribution in [0.2, 0.25) is 0 Å². The highest BCUT2D eigenvalue weighted by Gasteiger charge is 2.56. The lowest BCUT2D eigenvalue weighted by molar-refractivity contribution is -0.201. The zero-order valence-corrected chi connectivity index (χ0v) is 19.1. The maximum absolute atomic E-state index is 14.1. The van der Waals surface area contributed by atoms with Crippen LogP contribution in [-0.4, -0.2) is 64.8 Å². The van der Waals surface area contributed by atoms with E-state index in [-0.39, 0.29) is 23.2 Å². The topological polar surface area (TPSA) is 97.1 Å². The maximum Gasteiger partial charge on any atom is 0.264 e. The molecule has 0 saturated carbocycles. The van der Waals surface area contributed by atoms with Gasteiger partial charge in [-0.15, -0.1) is 0 Å². The minimum Gasteiger partial charge on any atom is -0.493 e. The van der Waals surface area contributed by atoms with Crippen molar-refractivity contribution in [3.63, 3.8) is 0 Å². The smallest absolute Gasteiger partial charge is 0.264 e. The van der Waals surface area contributed by atoms with E-state index in [1.54, 1.807) is 32.0 Å². The van der Waals surface area contributed by atoms with Crippen LogP contribution in [0, 0.1) is 0 Å². The Hall–Kier alpha value is -2.86. The Morgan fingerprint density at radius 3 is 2.53 bits per heavy atom. The van der Waals surface area contributed by atoms with E-state index in [0.717, 1.165) is 0 Å². The molecule has 3 aromatic rings. The number of hydrogen-bond acceptors (Lipinski definition) is 8. The fourth-order valence-electron chi connectivity index (χ4n) is 4.56. The van der Waals surface area contributed by atoms with Gasteiger partial charge in [-0.1, -0.05) is 0 Å². The molecule has 11 heteroatoms. The molecule has 182 valence electrons. The summed E-state index contributed by atoms with van der Waals surface area (Å²) in [4.78, 5) is 4.66. The number of aromatic nitrogens is 3. The van der Waals surface area contributed by atoms with Gasteiger partial charge in [-0.2, -0.15) is 5.10 Å². The number of halogens is 2. The zero-order valence-electron chi connectivity index (χ0n) is 19.1. The molecule has 1 N–H and O–H groups in total. The van der Waals surface area contributed by atoms with E-state index in [4.69, 9.17) is 23.7 Å². The van der Waals surface area contributed by atoms with Crippen molar-refractivity contribution >= 4 is 11.0 Å². The number of nitrogens with zero attached hydrogens (tertiary/aromatic N) is 3. The second-order valence-electron chi connectivity index (χ2n) is 8.61. The van der Waals surface area contributed by atoms with Gasteiger partial charge in [0.2, 0.25) is 0 Å². The average Bonchev–Trinajstić information content (AvgIpc) is 3.47. The van der Waals surface area contributed by atoms with Crippen LogP contribution < -0.4 is 9.47 Å². The average molecular weight is 477 g/mol. The first-order chi connectivity index (χ1) is 16.3. The molecular weight excluding hydrogens is 452 g/mol. The Balaban J connectivity index is 1.64. The summed E-state index contributed by atoms with van der Waals surface area (Å²) in [6, 6.07) is 6.41. The molecule has 9 nitrogen and oxygen atoms in total. The number of aliphatic hydroxyl groups is 1. The number of methoxy groups -OCH3 is 2. The summed E-state index contributed by atoms with van der Waals surface area (Å²) in [6.45, 7) is 3.24. The van der Waals surface area contributed by atoms with Crippen LogP contribution in [-0.2, 0) is 14.2 Å². The summed E-state index contributed by atoms with van der Waals surface area (Å²) in [7, 11) is 3.01. The lowest BCUT2D eigenvalue weighted by atomic mass is 10.1. The largest absolute Gasteiger partial charge is 0.493 e. The van der Waals surface area contributed by atoms with Crippen molar-refractivity contribution in [1.29, 1.82) is 0 Å². The Kier molecular flexibility index (Phi) is 5.67. The first-order valence-corrected chi connectivity index (χ1v) is 10.8. The van der Waals surface area contributed by atoms with Gasteiger partial charge in [0, 0.05) is 16.5 Å². The zero-order chi connectivity index (χ0) is 24.2. The molecule has 2 saturated heterocycles. The number of fused-ring (bicyclic) bond motifs is 2. The lowest BCUT2D eigenvalue weighted by Gasteiger charge is -2.24. The summed E-state index contributed by atoms with van der Waals surface area (Å²) in [6.07, 6.45) is -4.02. The Morgan fingerprint density at radius 2 is 1.85 bits per heavy atom. The van der Waals surface area contributed by atoms with Crippen molar-refractivity contribution in [2.24, 2.45) is 0 Å². The molecule has 2 aliphatic rings. The van der Waals surface area contributed by atoms with Crippen LogP contribution >= 0.6 is 0 Å². The molecule has 1 aromatic carbocycles. The van der Waals surface area contributed by atoms with Crippen LogP contribution in [0.5, 0.6) is 11.5 Å². The minimum atomic E-state index is -2.76. The number of aliphatic hydroxyl groups excluding tert-OH is 1. The number of pyridine rings is 1. The molecule has 2 aromatic heterocycles. The third-order valence-electron chi connectivity index (χ3n) is 6.06. The Bertz CT molecular complexity index is 1220. The molecule has 2 fully saturated rings. The summed E-state index contributed by atoms with van der Waals surface area (Å²) in [5.74, 6) is 0.0634. The first kappa shape index (κ1) is 22.9. The van der Waals surface area contributed by atoms with Gasteiger partial charge in [0.05, 0.1) is 32.7 Å². The SMILES string of the molecule is COc1ccc(-c2cc(C(F)F)c3cnn(C4OC(CO)C5OC(C)(C)OC54)c3n2)cc1OC. The van der Waals surface area contributed by atoms with Gasteiger partial charge in [0.25, 0.3) is 6.43 Å². The second-order valence-corrected chi connectivity index (χ2v) is 8.61. The molecule has 0 spiro atoms. The monoisotopic (exact) mass is 477 g/mol. The Labute approximate surface area is 194 Å². The van der Waals surface area contributed by atoms with Crippen molar-refractivity contribution in [2.75, 3.05) is 20.8 Å². The lowest BCUT2D eigenvalue weighted by Crippen LogP contribution is -2.31. The van der Waals surface area contributed by atoms with Crippen LogP contribution in [0.25, 0.3) is 22.3 Å². The van der Waals surface area contributed by atoms with E-state index in [2.05, 4.69) is 10.1 Å². The molecular formula is C23H25F2N3O6. The van der Waals surface area contributed by atoms with E-state index in [9.17, 15) is 13.9 Å². The van der Waals surface area contributed by atoms with Crippen LogP contribution in [0.4, 0.5) is 8.78 Å². The van der Waals surface area contributed by atoms with Crippen molar-refractivity contribution in [3.05, 3.63) is 36.0 Å². The minimum absolute atomic E-state index is 0.199. The van der Waals surface area contributed by atoms with Gasteiger partial charge in [-0.05, 0) is 38.1 Å². The standard InChI is InChI=1S/C23H25F2N3O6/c1-23(2)33-18-17(10-29)32-22(19(18)34-23)28-21-13(9-26-28)12(20(24)25)8-14(27-21)11-5-6-15(30-3)16(7-11)31-4/h5-9,17-20,22,29H,10H2,1-4H3. The molecule has 0 radical (unpaired) electrons. The highest BCUT2D eigenvalue weighted by atomic mass is 19.3. The van der Waals surface area contributed by atoms with Gasteiger partial charge in [0.15, 0.2) is 29.2 Å². The van der Waals surface area contributed by atoms with E-state index >= 15 is 0 Å². The normalized spacial score (nSPS) is 25.8. The van der Waals surface area contributed by atoms with Gasteiger partial charge in [-0.3, -0.25) is 0 Å². The van der Waals surface area contributed by atoms with E-state index in [0.29, 0.717) is 22.8 Å². The Morgan fingerprint density at radius 1 is 1.12 bits per heavy atom. The van der Waals surface area contributed by atoms with Crippen LogP contribution in [0.3, 0.4) is 0 Å². The van der Waals surface area contributed by atoms with E-state index in [1.807, 2.05) is 0 Å². The molecule has 2 aliphatic heterocycles. The van der Waals surface area contributed by atoms with Crippen LogP contribution in [0.15, 0.2) is 30.5 Å². The molecule has 0 amide bonds. The van der Waals surface area contributed by atoms with Crippen molar-refractivity contribution in [1.82, 2.24) is 14.8 Å². The van der Waals surface area contributed by atoms with Gasteiger partial charge >= 0.3 is 0 Å². The third kappa shape index (κ3) is 3.68. The number of rotatable bonds is 6. The quantitative estimate of drug-likeness (QED) is 0.577. The fraction of sp³-hybridized carbons (Fsp3) is 0.478. The third-order valence-corrected chi connectivity index (χ3v) is 6.06. The predicted octanol–water partition coefficient (Wildman–Crippen LogP) is 3.46. The van der Waals surface area contributed by atoms with Gasteiger partial charge in [-0.25, -0.2) is 18.4 Å². The molecule has 0 bridgehead atoms. The summed E-state index contributed by atoms with van der Waals surface area (Å²) in [5.41, 5.74) is 0.869. The maximum atomic E-state index is 14.1. The number of alkyl halides is 2. The number of benzene rings is 1. The first-order valence-electron chi connectivity index (χ1n) is 10.8. The van der Waals surface area contributed by atoms with Crippen molar-refractivity contribution < 1.29 is 37.6 Å². The van der Waals surface area contributed by atoms with E-state index in [1.165, 1.54) is 31.2 Å². The van der Waals surface area contributed by atoms with Crippen molar-refractivity contribution in [3.8, 4) is 22.8 Å². The molecule has 5 rings (SSSR count). The second kappa shape index (κ2) is 8.42.